The van der Waals surface area contributed by atoms with Gasteiger partial charge in [0.05, 0.1) is 24.9 Å². The van der Waals surface area contributed by atoms with Crippen molar-refractivity contribution in [2.75, 3.05) is 24.6 Å². The lowest BCUT2D eigenvalue weighted by Gasteiger charge is -2.35. The average Bonchev–Trinajstić information content (AvgIpc) is 3.00. The molecular formula is C15H15FN4O. The highest BCUT2D eigenvalue weighted by Gasteiger charge is 2.23. The van der Waals surface area contributed by atoms with E-state index < -0.39 is 5.82 Å². The molecule has 0 aliphatic carbocycles. The summed E-state index contributed by atoms with van der Waals surface area (Å²) in [5, 5.41) is 13.3. The van der Waals surface area contributed by atoms with E-state index in [0.717, 1.165) is 0 Å². The van der Waals surface area contributed by atoms with Crippen molar-refractivity contribution in [3.63, 3.8) is 0 Å². The third-order valence-corrected chi connectivity index (χ3v) is 3.53. The summed E-state index contributed by atoms with van der Waals surface area (Å²) < 4.78 is 21.3. The molecule has 1 aromatic carbocycles. The molecule has 0 radical (unpaired) electrons. The second kappa shape index (κ2) is 5.94. The van der Waals surface area contributed by atoms with Crippen molar-refractivity contribution in [3.8, 4) is 6.07 Å². The maximum Gasteiger partial charge on any atom is 0.143 e. The van der Waals surface area contributed by atoms with Crippen molar-refractivity contribution >= 4 is 5.69 Å². The molecule has 5 nitrogen and oxygen atoms in total. The zero-order chi connectivity index (χ0) is 14.7. The lowest BCUT2D eigenvalue weighted by Crippen LogP contribution is -2.44. The Morgan fingerprint density at radius 3 is 3.10 bits per heavy atom. The Balaban J connectivity index is 1.77. The van der Waals surface area contributed by atoms with Crippen molar-refractivity contribution < 1.29 is 9.13 Å². The largest absolute Gasteiger partial charge is 0.373 e. The van der Waals surface area contributed by atoms with E-state index in [1.54, 1.807) is 18.3 Å². The second-order valence-electron chi connectivity index (χ2n) is 4.91. The van der Waals surface area contributed by atoms with Crippen LogP contribution in [0.15, 0.2) is 36.7 Å². The van der Waals surface area contributed by atoms with E-state index in [1.807, 2.05) is 27.9 Å². The van der Waals surface area contributed by atoms with E-state index >= 15 is 0 Å². The number of aromatic nitrogens is 2. The van der Waals surface area contributed by atoms with Gasteiger partial charge in [0, 0.05) is 25.5 Å². The molecule has 0 spiro atoms. The predicted octanol–water partition coefficient (Wildman–Crippen LogP) is 1.80. The van der Waals surface area contributed by atoms with Crippen LogP contribution in [0, 0.1) is 17.1 Å². The second-order valence-corrected chi connectivity index (χ2v) is 4.91. The summed E-state index contributed by atoms with van der Waals surface area (Å²) in [6, 6.07) is 8.52. The van der Waals surface area contributed by atoms with Gasteiger partial charge in [0.2, 0.25) is 0 Å². The third kappa shape index (κ3) is 2.88. The van der Waals surface area contributed by atoms with Crippen LogP contribution in [0.2, 0.25) is 0 Å². The molecule has 3 rings (SSSR count). The minimum absolute atomic E-state index is 0.0338. The van der Waals surface area contributed by atoms with Crippen molar-refractivity contribution in [3.05, 3.63) is 48.0 Å². The van der Waals surface area contributed by atoms with Crippen LogP contribution in [-0.2, 0) is 11.3 Å². The average molecular weight is 286 g/mol. The smallest absolute Gasteiger partial charge is 0.143 e. The van der Waals surface area contributed by atoms with Gasteiger partial charge in [-0.05, 0) is 18.2 Å². The Labute approximate surface area is 122 Å². The highest BCUT2D eigenvalue weighted by atomic mass is 19.1. The van der Waals surface area contributed by atoms with Gasteiger partial charge in [0.1, 0.15) is 17.4 Å². The maximum absolute atomic E-state index is 13.7. The molecule has 21 heavy (non-hydrogen) atoms. The number of hydrogen-bond donors (Lipinski definition) is 0. The van der Waals surface area contributed by atoms with Crippen LogP contribution < -0.4 is 4.90 Å². The number of halogens is 1. The minimum atomic E-state index is -0.481. The molecule has 2 heterocycles. The van der Waals surface area contributed by atoms with Crippen LogP contribution in [0.3, 0.4) is 0 Å². The fraction of sp³-hybridized carbons (Fsp3) is 0.333. The standard InChI is InChI=1S/C15H15FN4O/c16-14-3-1-4-15(13(14)9-17)19-7-8-21-12(10-19)11-20-6-2-5-18-20/h1-6,12H,7-8,10-11H2/t12-/m0/s1. The number of rotatable bonds is 3. The van der Waals surface area contributed by atoms with Gasteiger partial charge in [-0.3, -0.25) is 4.68 Å². The van der Waals surface area contributed by atoms with Crippen LogP contribution in [0.25, 0.3) is 0 Å². The van der Waals surface area contributed by atoms with Crippen LogP contribution in [0.1, 0.15) is 5.56 Å². The van der Waals surface area contributed by atoms with Gasteiger partial charge in [-0.25, -0.2) is 4.39 Å². The van der Waals surface area contributed by atoms with E-state index in [-0.39, 0.29) is 11.7 Å². The Kier molecular flexibility index (Phi) is 3.84. The maximum atomic E-state index is 13.7. The Morgan fingerprint density at radius 1 is 1.43 bits per heavy atom. The van der Waals surface area contributed by atoms with Gasteiger partial charge in [-0.15, -0.1) is 0 Å². The quantitative estimate of drug-likeness (QED) is 0.863. The Morgan fingerprint density at radius 2 is 2.33 bits per heavy atom. The predicted molar refractivity (Wildman–Crippen MR) is 75.3 cm³/mol. The van der Waals surface area contributed by atoms with E-state index in [4.69, 9.17) is 10.00 Å². The minimum Gasteiger partial charge on any atom is -0.373 e. The molecule has 0 bridgehead atoms. The first kappa shape index (κ1) is 13.6. The van der Waals surface area contributed by atoms with Gasteiger partial charge in [-0.2, -0.15) is 10.4 Å². The van der Waals surface area contributed by atoms with Gasteiger partial charge >= 0.3 is 0 Å². The topological polar surface area (TPSA) is 54.1 Å². The summed E-state index contributed by atoms with van der Waals surface area (Å²) in [4.78, 5) is 2.00. The lowest BCUT2D eigenvalue weighted by atomic mass is 10.1. The zero-order valence-electron chi connectivity index (χ0n) is 11.4. The normalized spacial score (nSPS) is 18.5. The first-order chi connectivity index (χ1) is 10.3. The Hall–Kier alpha value is -2.39. The van der Waals surface area contributed by atoms with Crippen LogP contribution in [0.5, 0.6) is 0 Å². The molecule has 1 aromatic heterocycles. The molecular weight excluding hydrogens is 271 g/mol. The molecule has 1 atom stereocenters. The molecule has 1 saturated heterocycles. The summed E-state index contributed by atoms with van der Waals surface area (Å²) >= 11 is 0. The first-order valence-corrected chi connectivity index (χ1v) is 6.80. The van der Waals surface area contributed by atoms with Gasteiger partial charge in [0.15, 0.2) is 0 Å². The summed E-state index contributed by atoms with van der Waals surface area (Å²) in [5.41, 5.74) is 0.725. The molecule has 108 valence electrons. The highest BCUT2D eigenvalue weighted by molar-refractivity contribution is 5.60. The van der Waals surface area contributed by atoms with E-state index in [2.05, 4.69) is 5.10 Å². The van der Waals surface area contributed by atoms with Crippen molar-refractivity contribution in [2.24, 2.45) is 0 Å². The molecule has 0 N–H and O–H groups in total. The van der Waals surface area contributed by atoms with Crippen LogP contribution in [0.4, 0.5) is 10.1 Å². The molecule has 1 fully saturated rings. The number of morpholine rings is 1. The zero-order valence-corrected chi connectivity index (χ0v) is 11.4. The SMILES string of the molecule is N#Cc1c(F)cccc1N1CCO[C@H](Cn2cccn2)C1. The molecule has 2 aromatic rings. The summed E-state index contributed by atoms with van der Waals surface area (Å²) in [7, 11) is 0. The number of nitrogens with zero attached hydrogens (tertiary/aromatic N) is 4. The third-order valence-electron chi connectivity index (χ3n) is 3.53. The fourth-order valence-electron chi connectivity index (χ4n) is 2.55. The highest BCUT2D eigenvalue weighted by Crippen LogP contribution is 2.24. The number of anilines is 1. The molecule has 1 aliphatic rings. The van der Waals surface area contributed by atoms with Gasteiger partial charge in [-0.1, -0.05) is 6.07 Å². The van der Waals surface area contributed by atoms with Crippen LogP contribution >= 0.6 is 0 Å². The van der Waals surface area contributed by atoms with E-state index in [1.165, 1.54) is 6.07 Å². The van der Waals surface area contributed by atoms with E-state index in [9.17, 15) is 4.39 Å². The molecule has 0 amide bonds. The number of nitriles is 1. The van der Waals surface area contributed by atoms with Crippen LogP contribution in [-0.4, -0.2) is 35.6 Å². The molecule has 1 aliphatic heterocycles. The van der Waals surface area contributed by atoms with E-state index in [0.29, 0.717) is 31.9 Å². The number of benzene rings is 1. The van der Waals surface area contributed by atoms with Crippen molar-refractivity contribution in [1.82, 2.24) is 9.78 Å². The molecule has 0 unspecified atom stereocenters. The van der Waals surface area contributed by atoms with Gasteiger partial charge < -0.3 is 9.64 Å². The number of hydrogen-bond acceptors (Lipinski definition) is 4. The number of ether oxygens (including phenoxy) is 1. The van der Waals surface area contributed by atoms with Crippen molar-refractivity contribution in [1.29, 1.82) is 5.26 Å². The summed E-state index contributed by atoms with van der Waals surface area (Å²) in [6.07, 6.45) is 3.57. The summed E-state index contributed by atoms with van der Waals surface area (Å²) in [5.74, 6) is -0.481. The van der Waals surface area contributed by atoms with Crippen molar-refractivity contribution in [2.45, 2.75) is 12.6 Å². The Bertz CT molecular complexity index is 650. The fourth-order valence-corrected chi connectivity index (χ4v) is 2.55. The summed E-state index contributed by atoms with van der Waals surface area (Å²) in [6.45, 7) is 2.44. The lowest BCUT2D eigenvalue weighted by molar-refractivity contribution is 0.0274. The molecule has 0 saturated carbocycles. The first-order valence-electron chi connectivity index (χ1n) is 6.80. The van der Waals surface area contributed by atoms with Gasteiger partial charge in [0.25, 0.3) is 0 Å². The molecule has 6 heteroatoms. The monoisotopic (exact) mass is 286 g/mol.